The molecule has 0 bridgehead atoms. The Morgan fingerprint density at radius 1 is 0.821 bits per heavy atom. The molecule has 0 spiro atoms. The first-order chi connectivity index (χ1) is 13.8. The van der Waals surface area contributed by atoms with E-state index in [-0.39, 0.29) is 0 Å². The summed E-state index contributed by atoms with van der Waals surface area (Å²) < 4.78 is 5.63. The van der Waals surface area contributed by atoms with Crippen molar-refractivity contribution in [1.29, 1.82) is 0 Å². The summed E-state index contributed by atoms with van der Waals surface area (Å²) in [4.78, 5) is 0. The van der Waals surface area contributed by atoms with E-state index in [0.29, 0.717) is 6.61 Å². The predicted molar refractivity (Wildman–Crippen MR) is 120 cm³/mol. The lowest BCUT2D eigenvalue weighted by molar-refractivity contribution is 0.125. The molecule has 0 amide bonds. The molecule has 1 saturated carbocycles. The van der Waals surface area contributed by atoms with Crippen LogP contribution < -0.4 is 0 Å². The molecule has 0 atom stereocenters. The molecular formula is C27H34O. The number of rotatable bonds is 10. The highest BCUT2D eigenvalue weighted by Gasteiger charge is 2.18. The van der Waals surface area contributed by atoms with Crippen LogP contribution in [0.5, 0.6) is 0 Å². The lowest BCUT2D eigenvalue weighted by Crippen LogP contribution is -2.13. The van der Waals surface area contributed by atoms with Gasteiger partial charge in [0, 0.05) is 0 Å². The second-order valence-electron chi connectivity index (χ2n) is 8.08. The van der Waals surface area contributed by atoms with Crippen molar-refractivity contribution >= 4 is 0 Å². The molecule has 1 heteroatoms. The van der Waals surface area contributed by atoms with E-state index in [9.17, 15) is 0 Å². The largest absolute Gasteiger partial charge is 0.376 e. The van der Waals surface area contributed by atoms with Crippen molar-refractivity contribution in [1.82, 2.24) is 0 Å². The highest BCUT2D eigenvalue weighted by atomic mass is 16.5. The molecule has 0 unspecified atom stereocenters. The smallest absolute Gasteiger partial charge is 0.0717 e. The second-order valence-corrected chi connectivity index (χ2v) is 8.08. The maximum absolute atomic E-state index is 5.63. The maximum atomic E-state index is 5.63. The van der Waals surface area contributed by atoms with Gasteiger partial charge in [0.25, 0.3) is 0 Å². The van der Waals surface area contributed by atoms with E-state index in [1.807, 2.05) is 6.08 Å². The van der Waals surface area contributed by atoms with Crippen LogP contribution in [-0.4, -0.2) is 6.61 Å². The van der Waals surface area contributed by atoms with Gasteiger partial charge in [0.1, 0.15) is 0 Å². The standard InChI is InChI=1S/C27H34O/c1-3-5-20-28-21-25-14-18-27(19-15-25)26-16-12-24(13-17-26)11-10-23-8-6-22(4-2)7-9-23/h3-4,12-19,22-23H,1-2,5-11,20-21H2. The third kappa shape index (κ3) is 6.21. The molecule has 0 aliphatic heterocycles. The SMILES string of the molecule is C=CCCOCc1ccc(-c2ccc(CCC3CCC(C=C)CC3)cc2)cc1. The summed E-state index contributed by atoms with van der Waals surface area (Å²) in [5.74, 6) is 1.66. The summed E-state index contributed by atoms with van der Waals surface area (Å²) in [6.45, 7) is 9.07. The minimum atomic E-state index is 0.668. The van der Waals surface area contributed by atoms with E-state index in [2.05, 4.69) is 67.8 Å². The Kier molecular flexibility index (Phi) is 8.11. The van der Waals surface area contributed by atoms with E-state index in [1.54, 1.807) is 0 Å². The average Bonchev–Trinajstić information content (AvgIpc) is 2.76. The summed E-state index contributed by atoms with van der Waals surface area (Å²) >= 11 is 0. The van der Waals surface area contributed by atoms with Gasteiger partial charge >= 0.3 is 0 Å². The van der Waals surface area contributed by atoms with Crippen molar-refractivity contribution in [2.24, 2.45) is 11.8 Å². The van der Waals surface area contributed by atoms with Crippen LogP contribution in [0, 0.1) is 11.8 Å². The first-order valence-electron chi connectivity index (χ1n) is 10.8. The van der Waals surface area contributed by atoms with Gasteiger partial charge in [0.05, 0.1) is 13.2 Å². The number of hydrogen-bond acceptors (Lipinski definition) is 1. The molecular weight excluding hydrogens is 340 g/mol. The molecule has 2 aromatic carbocycles. The minimum Gasteiger partial charge on any atom is -0.376 e. The van der Waals surface area contributed by atoms with Crippen LogP contribution in [0.4, 0.5) is 0 Å². The van der Waals surface area contributed by atoms with E-state index in [1.165, 1.54) is 60.8 Å². The summed E-state index contributed by atoms with van der Waals surface area (Å²) in [5, 5.41) is 0. The molecule has 0 N–H and O–H groups in total. The van der Waals surface area contributed by atoms with Crippen LogP contribution in [-0.2, 0) is 17.8 Å². The molecule has 1 fully saturated rings. The summed E-state index contributed by atoms with van der Waals surface area (Å²) in [6.07, 6.45) is 12.9. The summed E-state index contributed by atoms with van der Waals surface area (Å²) in [6, 6.07) is 17.8. The van der Waals surface area contributed by atoms with Gasteiger partial charge in [-0.25, -0.2) is 0 Å². The van der Waals surface area contributed by atoms with Gasteiger partial charge in [-0.1, -0.05) is 60.7 Å². The number of hydrogen-bond donors (Lipinski definition) is 0. The van der Waals surface area contributed by atoms with Crippen LogP contribution >= 0.6 is 0 Å². The zero-order valence-corrected chi connectivity index (χ0v) is 17.1. The normalized spacial score (nSPS) is 19.3. The zero-order valence-electron chi connectivity index (χ0n) is 17.1. The molecule has 28 heavy (non-hydrogen) atoms. The Bertz CT molecular complexity index is 718. The zero-order chi connectivity index (χ0) is 19.6. The molecule has 2 aromatic rings. The number of ether oxygens (including phenoxy) is 1. The van der Waals surface area contributed by atoms with E-state index >= 15 is 0 Å². The molecule has 1 nitrogen and oxygen atoms in total. The molecule has 3 rings (SSSR count). The number of allylic oxidation sites excluding steroid dienone is 1. The third-order valence-corrected chi connectivity index (χ3v) is 6.04. The number of benzene rings is 2. The predicted octanol–water partition coefficient (Wildman–Crippen LogP) is 7.37. The fourth-order valence-electron chi connectivity index (χ4n) is 4.10. The van der Waals surface area contributed by atoms with Crippen molar-refractivity contribution in [3.05, 3.63) is 85.0 Å². The molecule has 1 aliphatic carbocycles. The maximum Gasteiger partial charge on any atom is 0.0717 e. The van der Waals surface area contributed by atoms with Gasteiger partial charge in [-0.2, -0.15) is 0 Å². The Morgan fingerprint density at radius 2 is 1.43 bits per heavy atom. The molecule has 0 saturated heterocycles. The lowest BCUT2D eigenvalue weighted by Gasteiger charge is -2.26. The van der Waals surface area contributed by atoms with Crippen LogP contribution in [0.3, 0.4) is 0 Å². The van der Waals surface area contributed by atoms with Gasteiger partial charge < -0.3 is 4.74 Å². The van der Waals surface area contributed by atoms with E-state index < -0.39 is 0 Å². The summed E-state index contributed by atoms with van der Waals surface area (Å²) in [7, 11) is 0. The Balaban J connectivity index is 1.47. The van der Waals surface area contributed by atoms with Crippen LogP contribution in [0.1, 0.15) is 49.7 Å². The van der Waals surface area contributed by atoms with E-state index in [4.69, 9.17) is 4.74 Å². The monoisotopic (exact) mass is 374 g/mol. The van der Waals surface area contributed by atoms with Gasteiger partial charge in [-0.15, -0.1) is 13.2 Å². The highest BCUT2D eigenvalue weighted by Crippen LogP contribution is 2.32. The molecule has 148 valence electrons. The Hall–Kier alpha value is -2.12. The van der Waals surface area contributed by atoms with Crippen molar-refractivity contribution in [3.8, 4) is 11.1 Å². The second kappa shape index (κ2) is 11.0. The van der Waals surface area contributed by atoms with Crippen LogP contribution in [0.25, 0.3) is 11.1 Å². The lowest BCUT2D eigenvalue weighted by atomic mass is 9.79. The van der Waals surface area contributed by atoms with Crippen molar-refractivity contribution in [3.63, 3.8) is 0 Å². The van der Waals surface area contributed by atoms with Crippen molar-refractivity contribution in [2.45, 2.75) is 51.6 Å². The fourth-order valence-corrected chi connectivity index (χ4v) is 4.10. The first kappa shape index (κ1) is 20.6. The minimum absolute atomic E-state index is 0.668. The van der Waals surface area contributed by atoms with Gasteiger partial charge in [0.15, 0.2) is 0 Å². The molecule has 1 aliphatic rings. The molecule has 0 aromatic heterocycles. The molecule has 0 heterocycles. The van der Waals surface area contributed by atoms with Gasteiger partial charge in [-0.05, 0) is 79.0 Å². The van der Waals surface area contributed by atoms with Crippen molar-refractivity contribution < 1.29 is 4.74 Å². The van der Waals surface area contributed by atoms with Gasteiger partial charge in [0.2, 0.25) is 0 Å². The van der Waals surface area contributed by atoms with Crippen LogP contribution in [0.2, 0.25) is 0 Å². The fraction of sp³-hybridized carbons (Fsp3) is 0.407. The van der Waals surface area contributed by atoms with E-state index in [0.717, 1.165) is 24.9 Å². The molecule has 0 radical (unpaired) electrons. The van der Waals surface area contributed by atoms with Crippen LogP contribution in [0.15, 0.2) is 73.8 Å². The van der Waals surface area contributed by atoms with Crippen molar-refractivity contribution in [2.75, 3.05) is 6.61 Å². The Labute approximate surface area is 171 Å². The highest BCUT2D eigenvalue weighted by molar-refractivity contribution is 5.63. The van der Waals surface area contributed by atoms with Gasteiger partial charge in [-0.3, -0.25) is 0 Å². The summed E-state index contributed by atoms with van der Waals surface area (Å²) in [5.41, 5.74) is 5.23. The number of aryl methyl sites for hydroxylation is 1. The topological polar surface area (TPSA) is 9.23 Å². The first-order valence-corrected chi connectivity index (χ1v) is 10.8. The third-order valence-electron chi connectivity index (χ3n) is 6.04. The Morgan fingerprint density at radius 3 is 2.00 bits per heavy atom. The quantitative estimate of drug-likeness (QED) is 0.311. The average molecular weight is 375 g/mol.